The third-order valence-corrected chi connectivity index (χ3v) is 8.81. The van der Waals surface area contributed by atoms with E-state index in [2.05, 4.69) is 6.92 Å². The minimum atomic E-state index is -3.64. The molecule has 0 saturated heterocycles. The maximum absolute atomic E-state index is 11.9. The van der Waals surface area contributed by atoms with Gasteiger partial charge >= 0.3 is 31.7 Å². The highest BCUT2D eigenvalue weighted by molar-refractivity contribution is 14.2. The number of para-hydroxylation sites is 1. The van der Waals surface area contributed by atoms with Gasteiger partial charge in [-0.05, 0) is 6.42 Å². The van der Waals surface area contributed by atoms with Gasteiger partial charge in [-0.2, -0.15) is 0 Å². The van der Waals surface area contributed by atoms with E-state index in [0.29, 0.717) is 17.5 Å². The van der Waals surface area contributed by atoms with Crippen LogP contribution in [0.3, 0.4) is 0 Å². The summed E-state index contributed by atoms with van der Waals surface area (Å²) >= 11 is -3.64. The topological polar surface area (TPSA) is 118 Å². The number of hydrogen-bond donors (Lipinski definition) is 2. The molecule has 0 aliphatic rings. The number of benzene rings is 1. The Bertz CT molecular complexity index is 793. The van der Waals surface area contributed by atoms with Gasteiger partial charge in [0.15, 0.2) is 0 Å². The number of rotatable bonds is 23. The van der Waals surface area contributed by atoms with E-state index in [1.807, 2.05) is 0 Å². The van der Waals surface area contributed by atoms with Crippen LogP contribution in [-0.2, 0) is 28.6 Å². The number of carboxylic acid groups (broad SMARTS) is 2. The molecule has 0 aliphatic carbocycles. The van der Waals surface area contributed by atoms with Gasteiger partial charge in [-0.1, -0.05) is 115 Å². The molecule has 0 bridgehead atoms. The maximum atomic E-state index is 11.9. The minimum absolute atomic E-state index is 0.0699. The average molecular weight is 621 g/mol. The number of aliphatic carboxylic acids is 2. The van der Waals surface area contributed by atoms with E-state index in [1.165, 1.54) is 70.6 Å². The highest BCUT2D eigenvalue weighted by Gasteiger charge is 2.20. The SMILES string of the molecule is CCCCCCCCCCCCCCCCC(COc1c(CC(=O)O)cccc1CC(=O)O)I(=O)=O. The summed E-state index contributed by atoms with van der Waals surface area (Å²) in [5, 5.41) is 18.3. The number of hydrogen-bond acceptors (Lipinski definition) is 5. The zero-order chi connectivity index (χ0) is 26.6. The van der Waals surface area contributed by atoms with Crippen molar-refractivity contribution in [3.8, 4) is 5.75 Å². The van der Waals surface area contributed by atoms with Crippen LogP contribution in [0.1, 0.15) is 114 Å². The molecule has 0 radical (unpaired) electrons. The van der Waals surface area contributed by atoms with Gasteiger partial charge in [-0.15, -0.1) is 0 Å². The van der Waals surface area contributed by atoms with Crippen LogP contribution in [0, 0.1) is 0 Å². The van der Waals surface area contributed by atoms with Crippen molar-refractivity contribution >= 4 is 31.7 Å². The average Bonchev–Trinajstić information content (AvgIpc) is 2.81. The van der Waals surface area contributed by atoms with Crippen molar-refractivity contribution in [2.24, 2.45) is 0 Å². The van der Waals surface area contributed by atoms with Crippen molar-refractivity contribution in [3.63, 3.8) is 0 Å². The van der Waals surface area contributed by atoms with E-state index < -0.39 is 35.7 Å². The smallest absolute Gasteiger partial charge is 0.313 e. The van der Waals surface area contributed by atoms with Crippen LogP contribution in [0.2, 0.25) is 0 Å². The summed E-state index contributed by atoms with van der Waals surface area (Å²) in [6, 6.07) is 4.74. The highest BCUT2D eigenvalue weighted by atomic mass is 127. The van der Waals surface area contributed by atoms with Crippen molar-refractivity contribution in [1.29, 1.82) is 0 Å². The van der Waals surface area contributed by atoms with Gasteiger partial charge in [0, 0.05) is 11.1 Å². The molecule has 0 spiro atoms. The van der Waals surface area contributed by atoms with Gasteiger partial charge in [0.1, 0.15) is 16.3 Å². The van der Waals surface area contributed by atoms with Crippen molar-refractivity contribution in [3.05, 3.63) is 29.3 Å². The van der Waals surface area contributed by atoms with E-state index in [-0.39, 0.29) is 25.2 Å². The number of alkyl halides is 1. The zero-order valence-corrected chi connectivity index (χ0v) is 24.0. The first-order chi connectivity index (χ1) is 17.3. The maximum Gasteiger partial charge on any atom is 0.313 e. The normalized spacial score (nSPS) is 12.1. The predicted molar refractivity (Wildman–Crippen MR) is 149 cm³/mol. The fourth-order valence-corrected chi connectivity index (χ4v) is 5.81. The van der Waals surface area contributed by atoms with Gasteiger partial charge in [-0.25, -0.2) is 6.14 Å². The highest BCUT2D eigenvalue weighted by Crippen LogP contribution is 2.29. The third-order valence-electron chi connectivity index (χ3n) is 6.39. The van der Waals surface area contributed by atoms with Crippen LogP contribution in [0.4, 0.5) is 0 Å². The van der Waals surface area contributed by atoms with E-state index in [0.717, 1.165) is 19.3 Å². The number of carbonyl (C=O) groups is 2. The van der Waals surface area contributed by atoms with Gasteiger partial charge in [0.2, 0.25) is 0 Å². The van der Waals surface area contributed by atoms with Crippen molar-refractivity contribution < 1.29 is 30.7 Å². The van der Waals surface area contributed by atoms with Crippen LogP contribution in [-0.4, -0.2) is 32.7 Å². The molecule has 8 heteroatoms. The van der Waals surface area contributed by atoms with Crippen molar-refractivity contribution in [2.45, 2.75) is 120 Å². The number of ether oxygens (including phenoxy) is 1. The van der Waals surface area contributed by atoms with Crippen molar-refractivity contribution in [2.75, 3.05) is 6.61 Å². The van der Waals surface area contributed by atoms with E-state index in [4.69, 9.17) is 14.9 Å². The summed E-state index contributed by atoms with van der Waals surface area (Å²) < 4.78 is 28.9. The summed E-state index contributed by atoms with van der Waals surface area (Å²) in [6.07, 6.45) is 17.2. The van der Waals surface area contributed by atoms with Gasteiger partial charge in [-0.3, -0.25) is 9.59 Å². The Morgan fingerprint density at radius 2 is 1.17 bits per heavy atom. The summed E-state index contributed by atoms with van der Waals surface area (Å²) in [7, 11) is 0. The zero-order valence-electron chi connectivity index (χ0n) is 21.9. The molecule has 0 aliphatic heterocycles. The molecule has 0 aromatic heterocycles. The summed E-state index contributed by atoms with van der Waals surface area (Å²) in [5.74, 6) is -1.94. The predicted octanol–water partition coefficient (Wildman–Crippen LogP) is 7.76. The quantitative estimate of drug-likeness (QED) is 0.0730. The molecule has 36 heavy (non-hydrogen) atoms. The summed E-state index contributed by atoms with van der Waals surface area (Å²) in [6.45, 7) is 2.17. The van der Waals surface area contributed by atoms with Crippen LogP contribution in [0.15, 0.2) is 18.2 Å². The number of halogens is 1. The fraction of sp³-hybridized carbons (Fsp3) is 0.714. The molecular formula is C28H45IO7. The first kappa shape index (κ1) is 32.3. The second-order valence-corrected chi connectivity index (χ2v) is 12.7. The van der Waals surface area contributed by atoms with Gasteiger partial charge in [0.25, 0.3) is 0 Å². The van der Waals surface area contributed by atoms with E-state index in [1.54, 1.807) is 18.2 Å². The lowest BCUT2D eigenvalue weighted by atomic mass is 10.0. The van der Waals surface area contributed by atoms with Gasteiger partial charge < -0.3 is 14.9 Å². The Balaban J connectivity index is 2.34. The lowest BCUT2D eigenvalue weighted by molar-refractivity contribution is -0.137. The molecular weight excluding hydrogens is 575 g/mol. The van der Waals surface area contributed by atoms with Crippen LogP contribution in [0.25, 0.3) is 0 Å². The lowest BCUT2D eigenvalue weighted by Crippen LogP contribution is -2.16. The molecule has 0 amide bonds. The molecule has 1 unspecified atom stereocenters. The first-order valence-corrected chi connectivity index (χ1v) is 16.6. The van der Waals surface area contributed by atoms with E-state index >= 15 is 0 Å². The Hall–Kier alpha value is -1.71. The molecule has 1 rings (SSSR count). The lowest BCUT2D eigenvalue weighted by Gasteiger charge is -2.17. The minimum Gasteiger partial charge on any atom is -0.492 e. The second-order valence-electron chi connectivity index (χ2n) is 9.58. The molecule has 0 heterocycles. The molecule has 7 nitrogen and oxygen atoms in total. The Morgan fingerprint density at radius 1 is 0.750 bits per heavy atom. The fourth-order valence-electron chi connectivity index (χ4n) is 4.39. The monoisotopic (exact) mass is 620 g/mol. The van der Waals surface area contributed by atoms with Crippen LogP contribution < -0.4 is 4.74 Å². The molecule has 1 aromatic carbocycles. The first-order valence-electron chi connectivity index (χ1n) is 13.6. The summed E-state index contributed by atoms with van der Waals surface area (Å²) in [5.41, 5.74) is 0.710. The van der Waals surface area contributed by atoms with Crippen molar-refractivity contribution in [1.82, 2.24) is 0 Å². The Morgan fingerprint density at radius 3 is 1.56 bits per heavy atom. The Kier molecular flexibility index (Phi) is 18.3. The molecule has 0 saturated carbocycles. The summed E-state index contributed by atoms with van der Waals surface area (Å²) in [4.78, 5) is 22.4. The molecule has 2 N–H and O–H groups in total. The number of unbranched alkanes of at least 4 members (excludes halogenated alkanes) is 13. The van der Waals surface area contributed by atoms with E-state index in [9.17, 15) is 15.7 Å². The Labute approximate surface area is 223 Å². The van der Waals surface area contributed by atoms with Crippen LogP contribution in [0.5, 0.6) is 5.75 Å². The largest absolute Gasteiger partial charge is 0.492 e. The molecule has 0 fully saturated rings. The second kappa shape index (κ2) is 20.4. The van der Waals surface area contributed by atoms with Crippen LogP contribution >= 0.6 is 19.8 Å². The third kappa shape index (κ3) is 15.4. The number of carboxylic acids is 2. The standard InChI is InChI=1S/C28H45IO7/c1-2-3-4-5-6-7-8-9-10-11-12-13-14-15-19-25(29(34)35)22-36-28-23(20-26(30)31)17-16-18-24(28)21-27(32)33/h16-18,25H,2-15,19-22H2,1H3,(H,30,31)(H,32,33). The van der Waals surface area contributed by atoms with Gasteiger partial charge in [0.05, 0.1) is 12.8 Å². The molecule has 206 valence electrons. The molecule has 1 aromatic rings. The molecule has 1 atom stereocenters.